The highest BCUT2D eigenvalue weighted by Gasteiger charge is 2.49. The van der Waals surface area contributed by atoms with Gasteiger partial charge in [-0.2, -0.15) is 13.2 Å². The van der Waals surface area contributed by atoms with Crippen molar-refractivity contribution in [2.75, 3.05) is 10.0 Å². The maximum Gasteiger partial charge on any atom is 0.451 e. The van der Waals surface area contributed by atoms with Crippen LogP contribution in [0.5, 0.6) is 5.75 Å². The summed E-state index contributed by atoms with van der Waals surface area (Å²) in [6, 6.07) is 13.7. The van der Waals surface area contributed by atoms with Gasteiger partial charge in [0.15, 0.2) is 5.92 Å². The van der Waals surface area contributed by atoms with Crippen LogP contribution in [0.2, 0.25) is 0 Å². The number of benzene rings is 4. The van der Waals surface area contributed by atoms with Crippen LogP contribution in [0.4, 0.5) is 24.5 Å². The Hall–Kier alpha value is -4.65. The normalized spacial score (nSPS) is 13.9. The van der Waals surface area contributed by atoms with Gasteiger partial charge in [0.1, 0.15) is 5.75 Å². The number of Topliss-reactive ketones (excluding diaryl/α,β-unsaturated/α-hetero) is 1. The van der Waals surface area contributed by atoms with Crippen LogP contribution in [-0.4, -0.2) is 43.5 Å². The minimum Gasteiger partial charge on any atom is -0.507 e. The zero-order chi connectivity index (χ0) is 29.9. The Morgan fingerprint density at radius 1 is 0.976 bits per heavy atom. The van der Waals surface area contributed by atoms with Gasteiger partial charge in [0.25, 0.3) is 21.7 Å². The van der Waals surface area contributed by atoms with Crippen LogP contribution >= 0.6 is 0 Å². The molecule has 0 bridgehead atoms. The number of ether oxygens (including phenoxy) is 1. The number of hydrogen-bond acceptors (Lipinski definition) is 7. The lowest BCUT2D eigenvalue weighted by Gasteiger charge is -2.22. The summed E-state index contributed by atoms with van der Waals surface area (Å²) < 4.78 is 75.4. The average Bonchev–Trinajstić information content (AvgIpc) is 3.22. The van der Waals surface area contributed by atoms with E-state index >= 15 is 0 Å². The Labute approximate surface area is 231 Å². The molecular formula is C28H21F3N2O7S. The molecule has 4 aromatic rings. The Morgan fingerprint density at radius 3 is 2.29 bits per heavy atom. The molecule has 0 aromatic heterocycles. The van der Waals surface area contributed by atoms with Crippen molar-refractivity contribution < 1.29 is 45.8 Å². The number of amides is 1. The van der Waals surface area contributed by atoms with E-state index in [1.807, 2.05) is 0 Å². The van der Waals surface area contributed by atoms with Crippen molar-refractivity contribution in [3.63, 3.8) is 0 Å². The Morgan fingerprint density at radius 2 is 1.63 bits per heavy atom. The third kappa shape index (κ3) is 4.82. The summed E-state index contributed by atoms with van der Waals surface area (Å²) in [4.78, 5) is 37.2. The third-order valence-corrected chi connectivity index (χ3v) is 7.94. The van der Waals surface area contributed by atoms with Crippen molar-refractivity contribution in [1.82, 2.24) is 0 Å². The Kier molecular flexibility index (Phi) is 6.65. The van der Waals surface area contributed by atoms with E-state index in [1.165, 1.54) is 68.4 Å². The Bertz CT molecular complexity index is 1890. The van der Waals surface area contributed by atoms with Crippen LogP contribution in [-0.2, 0) is 24.3 Å². The molecule has 3 N–H and O–H groups in total. The molecular weight excluding hydrogens is 565 g/mol. The molecule has 0 saturated heterocycles. The van der Waals surface area contributed by atoms with Crippen LogP contribution in [0.25, 0.3) is 21.5 Å². The van der Waals surface area contributed by atoms with E-state index in [9.17, 15) is 41.1 Å². The number of carbonyl (C=O) groups is 3. The first kappa shape index (κ1) is 27.9. The number of sulfonamides is 1. The standard InChI is InChI=1S/C28H21F3N2O7S/c1-13(2)40-27(37)23(25(35)28(29,30)31)18-12-20(14-6-3-4-7-15(14)24(18)34)33-41(38,39)21-11-10-19-22-16(21)8-5-9-17(22)26(36)32-19/h3-13,23,33-34H,1-2H3,(H,32,36). The van der Waals surface area contributed by atoms with Crippen molar-refractivity contribution in [3.05, 3.63) is 71.8 Å². The van der Waals surface area contributed by atoms with E-state index < -0.39 is 57.2 Å². The lowest BCUT2D eigenvalue weighted by molar-refractivity contribution is -0.178. The van der Waals surface area contributed by atoms with Crippen LogP contribution < -0.4 is 10.0 Å². The van der Waals surface area contributed by atoms with Crippen molar-refractivity contribution >= 4 is 60.6 Å². The van der Waals surface area contributed by atoms with Crippen molar-refractivity contribution in [2.45, 2.75) is 36.9 Å². The van der Waals surface area contributed by atoms with Crippen molar-refractivity contribution in [3.8, 4) is 5.75 Å². The number of alkyl halides is 3. The number of phenolic OH excluding ortho intramolecular Hbond substituents is 1. The van der Waals surface area contributed by atoms with E-state index in [0.717, 1.165) is 6.07 Å². The molecule has 212 valence electrons. The van der Waals surface area contributed by atoms with Crippen LogP contribution in [0, 0.1) is 0 Å². The van der Waals surface area contributed by atoms with E-state index in [1.54, 1.807) is 0 Å². The summed E-state index contributed by atoms with van der Waals surface area (Å²) in [5.41, 5.74) is -0.411. The first-order valence-corrected chi connectivity index (χ1v) is 13.6. The maximum atomic E-state index is 13.7. The molecule has 1 aliphatic rings. The molecule has 5 rings (SSSR count). The molecule has 0 radical (unpaired) electrons. The molecule has 0 aliphatic carbocycles. The summed E-state index contributed by atoms with van der Waals surface area (Å²) in [5, 5.41) is 14.1. The highest BCUT2D eigenvalue weighted by molar-refractivity contribution is 7.93. The average molecular weight is 587 g/mol. The molecule has 13 heteroatoms. The molecule has 4 aromatic carbocycles. The zero-order valence-corrected chi connectivity index (χ0v) is 22.2. The number of hydrogen-bond donors (Lipinski definition) is 3. The van der Waals surface area contributed by atoms with E-state index in [0.29, 0.717) is 11.1 Å². The number of aromatic hydroxyl groups is 1. The molecule has 1 aliphatic heterocycles. The predicted molar refractivity (Wildman–Crippen MR) is 143 cm³/mol. The number of rotatable bonds is 7. The summed E-state index contributed by atoms with van der Waals surface area (Å²) >= 11 is 0. The summed E-state index contributed by atoms with van der Waals surface area (Å²) in [6.07, 6.45) is -6.37. The van der Waals surface area contributed by atoms with Gasteiger partial charge in [-0.15, -0.1) is 0 Å². The number of fused-ring (bicyclic) bond motifs is 1. The maximum absolute atomic E-state index is 13.7. The van der Waals surface area contributed by atoms with Gasteiger partial charge in [0, 0.05) is 38.4 Å². The fraction of sp³-hybridized carbons (Fsp3) is 0.179. The van der Waals surface area contributed by atoms with Crippen molar-refractivity contribution in [2.24, 2.45) is 0 Å². The molecule has 1 heterocycles. The van der Waals surface area contributed by atoms with Gasteiger partial charge in [-0.1, -0.05) is 36.4 Å². The van der Waals surface area contributed by atoms with Gasteiger partial charge < -0.3 is 15.2 Å². The molecule has 0 fully saturated rings. The number of esters is 1. The van der Waals surface area contributed by atoms with E-state index in [2.05, 4.69) is 10.0 Å². The first-order valence-electron chi connectivity index (χ1n) is 12.2. The lowest BCUT2D eigenvalue weighted by atomic mass is 9.90. The van der Waals surface area contributed by atoms with Crippen LogP contribution in [0.3, 0.4) is 0 Å². The predicted octanol–water partition coefficient (Wildman–Crippen LogP) is 5.23. The summed E-state index contributed by atoms with van der Waals surface area (Å²) in [5.74, 6) is -7.91. The van der Waals surface area contributed by atoms with Gasteiger partial charge in [0.05, 0.1) is 16.7 Å². The monoisotopic (exact) mass is 586 g/mol. The topological polar surface area (TPSA) is 139 Å². The smallest absolute Gasteiger partial charge is 0.451 e. The molecule has 0 saturated carbocycles. The number of phenols is 1. The minimum atomic E-state index is -5.48. The molecule has 1 atom stereocenters. The van der Waals surface area contributed by atoms with Gasteiger partial charge in [0.2, 0.25) is 0 Å². The highest BCUT2D eigenvalue weighted by atomic mass is 32.2. The molecule has 9 nitrogen and oxygen atoms in total. The van der Waals surface area contributed by atoms with Gasteiger partial charge >= 0.3 is 12.1 Å². The number of nitrogens with one attached hydrogen (secondary N) is 2. The number of carbonyl (C=O) groups excluding carboxylic acids is 3. The van der Waals surface area contributed by atoms with Gasteiger partial charge in [-0.3, -0.25) is 19.1 Å². The molecule has 1 unspecified atom stereocenters. The van der Waals surface area contributed by atoms with Crippen LogP contribution in [0.1, 0.15) is 35.7 Å². The third-order valence-electron chi connectivity index (χ3n) is 6.51. The second-order valence-electron chi connectivity index (χ2n) is 9.59. The number of ketones is 1. The van der Waals surface area contributed by atoms with Crippen molar-refractivity contribution in [1.29, 1.82) is 0 Å². The van der Waals surface area contributed by atoms with E-state index in [-0.39, 0.29) is 32.3 Å². The molecule has 41 heavy (non-hydrogen) atoms. The highest BCUT2D eigenvalue weighted by Crippen LogP contribution is 2.43. The Balaban J connectivity index is 1.70. The number of halogens is 3. The van der Waals surface area contributed by atoms with E-state index in [4.69, 9.17) is 4.74 Å². The number of anilines is 2. The van der Waals surface area contributed by atoms with Gasteiger partial charge in [-0.25, -0.2) is 8.42 Å². The van der Waals surface area contributed by atoms with Gasteiger partial charge in [-0.05, 0) is 38.1 Å². The fourth-order valence-electron chi connectivity index (χ4n) is 4.82. The first-order chi connectivity index (χ1) is 19.2. The lowest BCUT2D eigenvalue weighted by Crippen LogP contribution is -2.35. The molecule has 0 spiro atoms. The molecule has 1 amide bonds. The second kappa shape index (κ2) is 9.77. The summed E-state index contributed by atoms with van der Waals surface area (Å²) in [7, 11) is -4.49. The van der Waals surface area contributed by atoms with Crippen LogP contribution in [0.15, 0.2) is 65.6 Å². The SMILES string of the molecule is CC(C)OC(=O)C(C(=O)C(F)(F)F)c1cc(NS(=O)(=O)c2ccc3c4c(cccc24)C(=O)N3)c2ccccc2c1O. The second-order valence-corrected chi connectivity index (χ2v) is 11.2. The quantitative estimate of drug-likeness (QED) is 0.153. The minimum absolute atomic E-state index is 0.0792. The largest absolute Gasteiger partial charge is 0.507 e. The fourth-order valence-corrected chi connectivity index (χ4v) is 6.10. The zero-order valence-electron chi connectivity index (χ0n) is 21.4. The summed E-state index contributed by atoms with van der Waals surface area (Å²) in [6.45, 7) is 2.74.